The van der Waals surface area contributed by atoms with E-state index in [1.165, 1.54) is 0 Å². The highest BCUT2D eigenvalue weighted by atomic mass is 16.2. The van der Waals surface area contributed by atoms with E-state index >= 15 is 0 Å². The monoisotopic (exact) mass is 225 g/mol. The van der Waals surface area contributed by atoms with Gasteiger partial charge < -0.3 is 10.6 Å². The average molecular weight is 225 g/mol. The fourth-order valence-electron chi connectivity index (χ4n) is 2.58. The topological polar surface area (TPSA) is 44.4 Å². The first-order valence-electron chi connectivity index (χ1n) is 6.42. The SMILES string of the molecule is CC1CC(NC(=O)C(C)N2CCNCC2)C1. The van der Waals surface area contributed by atoms with Gasteiger partial charge in [-0.2, -0.15) is 0 Å². The summed E-state index contributed by atoms with van der Waals surface area (Å²) in [5, 5.41) is 6.45. The maximum Gasteiger partial charge on any atom is 0.237 e. The molecule has 1 aliphatic heterocycles. The van der Waals surface area contributed by atoms with Gasteiger partial charge >= 0.3 is 0 Å². The Kier molecular flexibility index (Phi) is 3.82. The number of nitrogens with one attached hydrogen (secondary N) is 2. The zero-order valence-electron chi connectivity index (χ0n) is 10.3. The van der Waals surface area contributed by atoms with Crippen LogP contribution in [0.5, 0.6) is 0 Å². The summed E-state index contributed by atoms with van der Waals surface area (Å²) in [7, 11) is 0. The minimum absolute atomic E-state index is 0.0259. The van der Waals surface area contributed by atoms with Crippen molar-refractivity contribution in [3.8, 4) is 0 Å². The minimum Gasteiger partial charge on any atom is -0.352 e. The highest BCUT2D eigenvalue weighted by molar-refractivity contribution is 5.81. The number of carbonyl (C=O) groups is 1. The van der Waals surface area contributed by atoms with E-state index in [2.05, 4.69) is 22.5 Å². The molecule has 2 rings (SSSR count). The van der Waals surface area contributed by atoms with Crippen molar-refractivity contribution < 1.29 is 4.79 Å². The Morgan fingerprint density at radius 1 is 1.38 bits per heavy atom. The van der Waals surface area contributed by atoms with E-state index in [1.807, 2.05) is 6.92 Å². The molecule has 92 valence electrons. The summed E-state index contributed by atoms with van der Waals surface area (Å²) in [6.07, 6.45) is 2.31. The molecule has 0 aromatic carbocycles. The van der Waals surface area contributed by atoms with Crippen molar-refractivity contribution in [2.45, 2.75) is 38.8 Å². The molecule has 2 aliphatic rings. The molecule has 1 unspecified atom stereocenters. The first kappa shape index (κ1) is 11.9. The van der Waals surface area contributed by atoms with Crippen LogP contribution < -0.4 is 10.6 Å². The maximum absolute atomic E-state index is 12.0. The maximum atomic E-state index is 12.0. The van der Waals surface area contributed by atoms with Crippen molar-refractivity contribution in [1.29, 1.82) is 0 Å². The van der Waals surface area contributed by atoms with E-state index in [1.54, 1.807) is 0 Å². The van der Waals surface area contributed by atoms with E-state index in [4.69, 9.17) is 0 Å². The normalized spacial score (nSPS) is 32.9. The molecule has 2 fully saturated rings. The lowest BCUT2D eigenvalue weighted by Gasteiger charge is -2.37. The van der Waals surface area contributed by atoms with E-state index in [0.29, 0.717) is 6.04 Å². The second-order valence-electron chi connectivity index (χ2n) is 5.24. The molecule has 0 radical (unpaired) electrons. The predicted molar refractivity (Wildman–Crippen MR) is 64.2 cm³/mol. The quantitative estimate of drug-likeness (QED) is 0.721. The van der Waals surface area contributed by atoms with Gasteiger partial charge in [0.15, 0.2) is 0 Å². The number of rotatable bonds is 3. The Balaban J connectivity index is 1.74. The van der Waals surface area contributed by atoms with E-state index < -0.39 is 0 Å². The Labute approximate surface area is 97.8 Å². The molecule has 0 aromatic rings. The number of hydrogen-bond acceptors (Lipinski definition) is 3. The third-order valence-electron chi connectivity index (χ3n) is 3.80. The third-order valence-corrected chi connectivity index (χ3v) is 3.80. The van der Waals surface area contributed by atoms with Crippen LogP contribution >= 0.6 is 0 Å². The van der Waals surface area contributed by atoms with Gasteiger partial charge in [-0.05, 0) is 25.7 Å². The standard InChI is InChI=1S/C12H23N3O/c1-9-7-11(8-9)14-12(16)10(2)15-5-3-13-4-6-15/h9-11,13H,3-8H2,1-2H3,(H,14,16). The molecule has 0 spiro atoms. The first-order chi connectivity index (χ1) is 7.66. The molecule has 1 saturated carbocycles. The summed E-state index contributed by atoms with van der Waals surface area (Å²) in [4.78, 5) is 14.2. The molecule has 2 N–H and O–H groups in total. The molecular formula is C12H23N3O. The fraction of sp³-hybridized carbons (Fsp3) is 0.917. The van der Waals surface area contributed by atoms with Gasteiger partial charge in [0.05, 0.1) is 6.04 Å². The molecule has 1 aliphatic carbocycles. The van der Waals surface area contributed by atoms with Crippen molar-refractivity contribution in [1.82, 2.24) is 15.5 Å². The smallest absolute Gasteiger partial charge is 0.237 e. The second-order valence-corrected chi connectivity index (χ2v) is 5.24. The van der Waals surface area contributed by atoms with E-state index in [0.717, 1.165) is 44.9 Å². The molecule has 1 heterocycles. The highest BCUT2D eigenvalue weighted by Crippen LogP contribution is 2.26. The van der Waals surface area contributed by atoms with Crippen LogP contribution in [-0.2, 0) is 4.79 Å². The third kappa shape index (κ3) is 2.74. The molecular weight excluding hydrogens is 202 g/mol. The van der Waals surface area contributed by atoms with E-state index in [9.17, 15) is 4.79 Å². The van der Waals surface area contributed by atoms with Crippen molar-refractivity contribution in [3.05, 3.63) is 0 Å². The van der Waals surface area contributed by atoms with Gasteiger partial charge in [-0.1, -0.05) is 6.92 Å². The van der Waals surface area contributed by atoms with Gasteiger partial charge in [-0.25, -0.2) is 0 Å². The largest absolute Gasteiger partial charge is 0.352 e. The summed E-state index contributed by atoms with van der Waals surface area (Å²) in [5.41, 5.74) is 0. The van der Waals surface area contributed by atoms with Crippen molar-refractivity contribution in [2.24, 2.45) is 5.92 Å². The molecule has 16 heavy (non-hydrogen) atoms. The molecule has 1 atom stereocenters. The minimum atomic E-state index is 0.0259. The average Bonchev–Trinajstić information content (AvgIpc) is 2.27. The molecule has 0 aromatic heterocycles. The lowest BCUT2D eigenvalue weighted by molar-refractivity contribution is -0.127. The fourth-order valence-corrected chi connectivity index (χ4v) is 2.58. The van der Waals surface area contributed by atoms with Crippen LogP contribution in [0.3, 0.4) is 0 Å². The Morgan fingerprint density at radius 3 is 2.56 bits per heavy atom. The van der Waals surface area contributed by atoms with E-state index in [-0.39, 0.29) is 11.9 Å². The molecule has 4 heteroatoms. The van der Waals surface area contributed by atoms with Crippen LogP contribution in [0.1, 0.15) is 26.7 Å². The molecule has 1 saturated heterocycles. The lowest BCUT2D eigenvalue weighted by Crippen LogP contribution is -2.55. The number of piperazine rings is 1. The van der Waals surface area contributed by atoms with Crippen molar-refractivity contribution in [3.63, 3.8) is 0 Å². The molecule has 1 amide bonds. The van der Waals surface area contributed by atoms with Crippen molar-refractivity contribution in [2.75, 3.05) is 26.2 Å². The summed E-state index contributed by atoms with van der Waals surface area (Å²) in [6, 6.07) is 0.464. The number of amides is 1. The van der Waals surface area contributed by atoms with Gasteiger partial charge in [0, 0.05) is 32.2 Å². The Morgan fingerprint density at radius 2 is 2.00 bits per heavy atom. The highest BCUT2D eigenvalue weighted by Gasteiger charge is 2.29. The Bertz CT molecular complexity index is 245. The van der Waals surface area contributed by atoms with Crippen LogP contribution in [0.4, 0.5) is 0 Å². The van der Waals surface area contributed by atoms with Crippen LogP contribution in [0.2, 0.25) is 0 Å². The zero-order chi connectivity index (χ0) is 11.5. The lowest BCUT2D eigenvalue weighted by atomic mass is 9.82. The summed E-state index contributed by atoms with van der Waals surface area (Å²) >= 11 is 0. The summed E-state index contributed by atoms with van der Waals surface area (Å²) < 4.78 is 0. The first-order valence-corrected chi connectivity index (χ1v) is 6.42. The number of carbonyl (C=O) groups excluding carboxylic acids is 1. The summed E-state index contributed by atoms with van der Waals surface area (Å²) in [6.45, 7) is 8.21. The van der Waals surface area contributed by atoms with Gasteiger partial charge in [0.25, 0.3) is 0 Å². The predicted octanol–water partition coefficient (Wildman–Crippen LogP) is 0.195. The number of nitrogens with zero attached hydrogens (tertiary/aromatic N) is 1. The molecule has 4 nitrogen and oxygen atoms in total. The van der Waals surface area contributed by atoms with Crippen LogP contribution in [-0.4, -0.2) is 49.1 Å². The van der Waals surface area contributed by atoms with Crippen LogP contribution in [0.25, 0.3) is 0 Å². The second kappa shape index (κ2) is 5.15. The Hall–Kier alpha value is -0.610. The van der Waals surface area contributed by atoms with Gasteiger partial charge in [-0.15, -0.1) is 0 Å². The summed E-state index contributed by atoms with van der Waals surface area (Å²) in [5.74, 6) is 0.999. The van der Waals surface area contributed by atoms with Gasteiger partial charge in [-0.3, -0.25) is 9.69 Å². The zero-order valence-corrected chi connectivity index (χ0v) is 10.3. The van der Waals surface area contributed by atoms with Gasteiger partial charge in [0.1, 0.15) is 0 Å². The number of hydrogen-bond donors (Lipinski definition) is 2. The van der Waals surface area contributed by atoms with Crippen LogP contribution in [0.15, 0.2) is 0 Å². The van der Waals surface area contributed by atoms with Crippen LogP contribution in [0, 0.1) is 5.92 Å². The van der Waals surface area contributed by atoms with Crippen molar-refractivity contribution >= 4 is 5.91 Å². The van der Waals surface area contributed by atoms with Gasteiger partial charge in [0.2, 0.25) is 5.91 Å². The molecule has 0 bridgehead atoms.